The van der Waals surface area contributed by atoms with Gasteiger partial charge in [0.05, 0.1) is 6.04 Å². The Kier molecular flexibility index (Phi) is 2.31. The molecule has 13 heavy (non-hydrogen) atoms. The van der Waals surface area contributed by atoms with Crippen molar-refractivity contribution in [1.82, 2.24) is 20.1 Å². The Labute approximate surface area is 78.4 Å². The van der Waals surface area contributed by atoms with Crippen molar-refractivity contribution in [3.63, 3.8) is 0 Å². The maximum atomic E-state index is 4.19. The summed E-state index contributed by atoms with van der Waals surface area (Å²) in [6, 6.07) is 1.68. The normalized spacial score (nSPS) is 34.8. The molecule has 1 aromatic rings. The third-order valence-electron chi connectivity index (χ3n) is 2.63. The summed E-state index contributed by atoms with van der Waals surface area (Å²) in [5.74, 6) is 0. The number of nitrogens with zero attached hydrogens (tertiary/aromatic N) is 3. The van der Waals surface area contributed by atoms with Crippen LogP contribution in [0.5, 0.6) is 0 Å². The fourth-order valence-corrected chi connectivity index (χ4v) is 2.16. The maximum Gasteiger partial charge on any atom is 0.137 e. The molecule has 2 rings (SSSR count). The van der Waals surface area contributed by atoms with Crippen molar-refractivity contribution in [3.05, 3.63) is 12.7 Å². The molecule has 0 radical (unpaired) electrons. The number of hydrogen-bond acceptors (Lipinski definition) is 3. The molecule has 0 aromatic carbocycles. The minimum Gasteiger partial charge on any atom is -0.312 e. The van der Waals surface area contributed by atoms with E-state index in [-0.39, 0.29) is 0 Å². The Morgan fingerprint density at radius 1 is 1.31 bits per heavy atom. The van der Waals surface area contributed by atoms with Crippen LogP contribution in [-0.4, -0.2) is 26.8 Å². The summed E-state index contributed by atoms with van der Waals surface area (Å²) in [6.07, 6.45) is 5.72. The second-order valence-electron chi connectivity index (χ2n) is 3.97. The van der Waals surface area contributed by atoms with E-state index in [1.54, 1.807) is 6.33 Å². The summed E-state index contributed by atoms with van der Waals surface area (Å²) in [5, 5.41) is 7.70. The number of hydrogen-bond donors (Lipinski definition) is 1. The molecule has 0 aliphatic carbocycles. The number of piperidine rings is 1. The van der Waals surface area contributed by atoms with Crippen LogP contribution in [-0.2, 0) is 0 Å². The third-order valence-corrected chi connectivity index (χ3v) is 2.63. The van der Waals surface area contributed by atoms with Gasteiger partial charge in [-0.25, -0.2) is 9.67 Å². The fourth-order valence-electron chi connectivity index (χ4n) is 2.16. The first kappa shape index (κ1) is 8.69. The SMILES string of the molecule is CC1CC(n2cncn2)CC(C)N1. The fraction of sp³-hybridized carbons (Fsp3) is 0.778. The smallest absolute Gasteiger partial charge is 0.137 e. The highest BCUT2D eigenvalue weighted by molar-refractivity contribution is 4.83. The van der Waals surface area contributed by atoms with E-state index in [2.05, 4.69) is 29.2 Å². The second kappa shape index (κ2) is 3.46. The van der Waals surface area contributed by atoms with Crippen LogP contribution in [0.3, 0.4) is 0 Å². The monoisotopic (exact) mass is 180 g/mol. The first-order valence-corrected chi connectivity index (χ1v) is 4.86. The molecule has 1 aromatic heterocycles. The van der Waals surface area contributed by atoms with Crippen molar-refractivity contribution in [2.24, 2.45) is 0 Å². The Morgan fingerprint density at radius 2 is 2.00 bits per heavy atom. The lowest BCUT2D eigenvalue weighted by Crippen LogP contribution is -2.43. The molecule has 4 nitrogen and oxygen atoms in total. The van der Waals surface area contributed by atoms with Gasteiger partial charge in [0.1, 0.15) is 12.7 Å². The zero-order chi connectivity index (χ0) is 9.26. The summed E-state index contributed by atoms with van der Waals surface area (Å²) >= 11 is 0. The van der Waals surface area contributed by atoms with E-state index in [9.17, 15) is 0 Å². The van der Waals surface area contributed by atoms with Crippen molar-refractivity contribution in [2.45, 2.75) is 44.8 Å². The molecule has 1 aliphatic heterocycles. The topological polar surface area (TPSA) is 42.7 Å². The summed E-state index contributed by atoms with van der Waals surface area (Å²) in [6.45, 7) is 4.44. The van der Waals surface area contributed by atoms with Crippen LogP contribution in [0.4, 0.5) is 0 Å². The van der Waals surface area contributed by atoms with E-state index >= 15 is 0 Å². The van der Waals surface area contributed by atoms with Gasteiger partial charge in [-0.3, -0.25) is 0 Å². The summed E-state index contributed by atoms with van der Waals surface area (Å²) in [5.41, 5.74) is 0. The van der Waals surface area contributed by atoms with E-state index in [1.807, 2.05) is 11.0 Å². The lowest BCUT2D eigenvalue weighted by atomic mass is 9.96. The Hall–Kier alpha value is -0.900. The first-order valence-electron chi connectivity index (χ1n) is 4.86. The van der Waals surface area contributed by atoms with Crippen molar-refractivity contribution in [2.75, 3.05) is 0 Å². The van der Waals surface area contributed by atoms with Crippen molar-refractivity contribution < 1.29 is 0 Å². The summed E-state index contributed by atoms with van der Waals surface area (Å²) < 4.78 is 1.98. The van der Waals surface area contributed by atoms with Gasteiger partial charge in [-0.15, -0.1) is 0 Å². The van der Waals surface area contributed by atoms with Gasteiger partial charge in [-0.1, -0.05) is 0 Å². The third kappa shape index (κ3) is 1.88. The number of nitrogens with one attached hydrogen (secondary N) is 1. The van der Waals surface area contributed by atoms with E-state index in [1.165, 1.54) is 0 Å². The molecule has 2 unspecified atom stereocenters. The zero-order valence-corrected chi connectivity index (χ0v) is 8.14. The molecule has 0 saturated carbocycles. The molecule has 0 bridgehead atoms. The standard InChI is InChI=1S/C9H16N4/c1-7-3-9(4-8(2)12-7)13-6-10-5-11-13/h5-9,12H,3-4H2,1-2H3. The molecule has 1 saturated heterocycles. The van der Waals surface area contributed by atoms with Gasteiger partial charge in [-0.2, -0.15) is 5.10 Å². The Bertz CT molecular complexity index is 247. The molecule has 0 amide bonds. The average molecular weight is 180 g/mol. The molecule has 2 atom stereocenters. The zero-order valence-electron chi connectivity index (χ0n) is 8.14. The lowest BCUT2D eigenvalue weighted by molar-refractivity contribution is 0.249. The van der Waals surface area contributed by atoms with Crippen LogP contribution >= 0.6 is 0 Å². The van der Waals surface area contributed by atoms with Gasteiger partial charge in [0, 0.05) is 12.1 Å². The lowest BCUT2D eigenvalue weighted by Gasteiger charge is -2.32. The van der Waals surface area contributed by atoms with Crippen molar-refractivity contribution >= 4 is 0 Å². The predicted molar refractivity (Wildman–Crippen MR) is 50.4 cm³/mol. The van der Waals surface area contributed by atoms with Crippen molar-refractivity contribution in [3.8, 4) is 0 Å². The van der Waals surface area contributed by atoms with Gasteiger partial charge in [0.15, 0.2) is 0 Å². The van der Waals surface area contributed by atoms with E-state index < -0.39 is 0 Å². The van der Waals surface area contributed by atoms with Crippen LogP contribution < -0.4 is 5.32 Å². The number of aromatic nitrogens is 3. The van der Waals surface area contributed by atoms with Crippen LogP contribution in [0, 0.1) is 0 Å². The van der Waals surface area contributed by atoms with Crippen molar-refractivity contribution in [1.29, 1.82) is 0 Å². The molecule has 1 fully saturated rings. The molecule has 4 heteroatoms. The molecule has 1 aliphatic rings. The summed E-state index contributed by atoms with van der Waals surface area (Å²) in [4.78, 5) is 3.98. The van der Waals surface area contributed by atoms with Crippen LogP contribution in [0.15, 0.2) is 12.7 Å². The van der Waals surface area contributed by atoms with Crippen LogP contribution in [0.25, 0.3) is 0 Å². The highest BCUT2D eigenvalue weighted by Crippen LogP contribution is 2.23. The highest BCUT2D eigenvalue weighted by atomic mass is 15.3. The molecule has 0 spiro atoms. The van der Waals surface area contributed by atoms with Gasteiger partial charge >= 0.3 is 0 Å². The van der Waals surface area contributed by atoms with Crippen LogP contribution in [0.2, 0.25) is 0 Å². The van der Waals surface area contributed by atoms with Gasteiger partial charge in [0.2, 0.25) is 0 Å². The minimum absolute atomic E-state index is 0.522. The predicted octanol–water partition coefficient (Wildman–Crippen LogP) is 0.980. The Morgan fingerprint density at radius 3 is 2.54 bits per heavy atom. The molecular weight excluding hydrogens is 164 g/mol. The number of rotatable bonds is 1. The minimum atomic E-state index is 0.522. The molecule has 72 valence electrons. The molecule has 2 heterocycles. The van der Waals surface area contributed by atoms with Gasteiger partial charge < -0.3 is 5.32 Å². The first-order chi connectivity index (χ1) is 6.25. The average Bonchev–Trinajstić information content (AvgIpc) is 2.53. The molecule has 1 N–H and O–H groups in total. The molecular formula is C9H16N4. The maximum absolute atomic E-state index is 4.19. The van der Waals surface area contributed by atoms with E-state index in [0.717, 1.165) is 12.8 Å². The summed E-state index contributed by atoms with van der Waals surface area (Å²) in [7, 11) is 0. The Balaban J connectivity index is 2.07. The highest BCUT2D eigenvalue weighted by Gasteiger charge is 2.24. The largest absolute Gasteiger partial charge is 0.312 e. The van der Waals surface area contributed by atoms with E-state index in [0.29, 0.717) is 18.1 Å². The van der Waals surface area contributed by atoms with Gasteiger partial charge in [-0.05, 0) is 26.7 Å². The van der Waals surface area contributed by atoms with Gasteiger partial charge in [0.25, 0.3) is 0 Å². The quantitative estimate of drug-likeness (QED) is 0.700. The second-order valence-corrected chi connectivity index (χ2v) is 3.97. The van der Waals surface area contributed by atoms with Crippen LogP contribution in [0.1, 0.15) is 32.7 Å². The van der Waals surface area contributed by atoms with E-state index in [4.69, 9.17) is 0 Å².